The van der Waals surface area contributed by atoms with Crippen LogP contribution in [0, 0.1) is 5.82 Å². The predicted octanol–water partition coefficient (Wildman–Crippen LogP) is 6.00. The molecule has 0 saturated carbocycles. The summed E-state index contributed by atoms with van der Waals surface area (Å²) in [5.41, 5.74) is 1.75. The molecule has 0 radical (unpaired) electrons. The minimum Gasteiger partial charge on any atom is -0.507 e. The first-order valence-corrected chi connectivity index (χ1v) is 14.1. The largest absolute Gasteiger partial charge is 0.507 e. The SMILES string of the molecule is CCOc1ccc(C2/C(=C(/O)c3ccccc3)C(=O)C(=O)N2c2nnc(SCc3ccc(F)cc3)s2)cc1OC. The van der Waals surface area contributed by atoms with E-state index in [1.165, 1.54) is 35.9 Å². The highest BCUT2D eigenvalue weighted by Crippen LogP contribution is 2.45. The van der Waals surface area contributed by atoms with Crippen molar-refractivity contribution >= 4 is 45.7 Å². The number of benzene rings is 3. The van der Waals surface area contributed by atoms with Crippen LogP contribution >= 0.6 is 23.1 Å². The van der Waals surface area contributed by atoms with Gasteiger partial charge in [0.2, 0.25) is 5.13 Å². The number of aliphatic hydroxyl groups is 1. The summed E-state index contributed by atoms with van der Waals surface area (Å²) in [5.74, 6) is -0.849. The fourth-order valence-corrected chi connectivity index (χ4v) is 6.13. The molecule has 1 aliphatic rings. The molecule has 5 rings (SSSR count). The summed E-state index contributed by atoms with van der Waals surface area (Å²) in [6.45, 7) is 2.27. The Hall–Kier alpha value is -4.22. The number of thioether (sulfide) groups is 1. The molecule has 4 aromatic rings. The van der Waals surface area contributed by atoms with E-state index >= 15 is 0 Å². The van der Waals surface area contributed by atoms with Crippen LogP contribution in [0.4, 0.5) is 9.52 Å². The highest BCUT2D eigenvalue weighted by molar-refractivity contribution is 8.00. The summed E-state index contributed by atoms with van der Waals surface area (Å²) < 4.78 is 25.0. The van der Waals surface area contributed by atoms with Crippen LogP contribution in [0.25, 0.3) is 5.76 Å². The minimum absolute atomic E-state index is 0.0712. The number of anilines is 1. The van der Waals surface area contributed by atoms with E-state index in [1.54, 1.807) is 60.7 Å². The summed E-state index contributed by atoms with van der Waals surface area (Å²) in [4.78, 5) is 28.1. The second-order valence-electron chi connectivity index (χ2n) is 8.64. The van der Waals surface area contributed by atoms with Gasteiger partial charge >= 0.3 is 5.91 Å². The molecule has 1 unspecified atom stereocenters. The first kappa shape index (κ1) is 27.4. The van der Waals surface area contributed by atoms with Gasteiger partial charge in [-0.1, -0.05) is 71.6 Å². The van der Waals surface area contributed by atoms with Gasteiger partial charge < -0.3 is 14.6 Å². The third-order valence-electron chi connectivity index (χ3n) is 6.17. The Morgan fingerprint density at radius 1 is 1.05 bits per heavy atom. The average molecular weight is 578 g/mol. The number of carbonyl (C=O) groups is 2. The van der Waals surface area contributed by atoms with Gasteiger partial charge in [0, 0.05) is 11.3 Å². The third-order valence-corrected chi connectivity index (χ3v) is 8.30. The maximum Gasteiger partial charge on any atom is 0.301 e. The summed E-state index contributed by atoms with van der Waals surface area (Å²) in [6.07, 6.45) is 0. The fraction of sp³-hybridized carbons (Fsp3) is 0.172. The monoisotopic (exact) mass is 577 g/mol. The van der Waals surface area contributed by atoms with Crippen molar-refractivity contribution < 1.29 is 28.6 Å². The van der Waals surface area contributed by atoms with Crippen molar-refractivity contribution in [3.63, 3.8) is 0 Å². The molecule has 3 aromatic carbocycles. The lowest BCUT2D eigenvalue weighted by Gasteiger charge is -2.23. The summed E-state index contributed by atoms with van der Waals surface area (Å²) in [7, 11) is 1.50. The van der Waals surface area contributed by atoms with E-state index in [0.717, 1.165) is 16.9 Å². The molecule has 1 aromatic heterocycles. The van der Waals surface area contributed by atoms with Crippen LogP contribution in [0.15, 0.2) is 82.7 Å². The lowest BCUT2D eigenvalue weighted by molar-refractivity contribution is -0.132. The van der Waals surface area contributed by atoms with E-state index in [2.05, 4.69) is 10.2 Å². The zero-order valence-electron chi connectivity index (χ0n) is 21.5. The quantitative estimate of drug-likeness (QED) is 0.0850. The number of methoxy groups -OCH3 is 1. The highest BCUT2D eigenvalue weighted by Gasteiger charge is 2.48. The van der Waals surface area contributed by atoms with Crippen molar-refractivity contribution in [3.8, 4) is 11.5 Å². The second-order valence-corrected chi connectivity index (χ2v) is 10.8. The van der Waals surface area contributed by atoms with Crippen LogP contribution in [0.5, 0.6) is 11.5 Å². The standard InChI is InChI=1S/C29H24FN3O5S2/c1-3-38-21-14-11-19(15-22(21)37-2)24-23(25(34)18-7-5-4-6-8-18)26(35)27(36)33(24)28-31-32-29(40-28)39-16-17-9-12-20(30)13-10-17/h4-15,24,34H,3,16H2,1-2H3/b25-23-. The number of rotatable bonds is 9. The van der Waals surface area contributed by atoms with Crippen molar-refractivity contribution in [2.24, 2.45) is 0 Å². The molecule has 0 aliphatic carbocycles. The molecule has 40 heavy (non-hydrogen) atoms. The number of hydrogen-bond acceptors (Lipinski definition) is 9. The number of ether oxygens (including phenoxy) is 2. The topological polar surface area (TPSA) is 102 Å². The molecule has 1 fully saturated rings. The van der Waals surface area contributed by atoms with Gasteiger partial charge in [0.1, 0.15) is 11.6 Å². The number of aliphatic hydroxyl groups excluding tert-OH is 1. The number of nitrogens with zero attached hydrogens (tertiary/aromatic N) is 3. The molecule has 8 nitrogen and oxygen atoms in total. The van der Waals surface area contributed by atoms with E-state index in [9.17, 15) is 19.1 Å². The molecule has 1 atom stereocenters. The number of carbonyl (C=O) groups excluding carboxylic acids is 2. The molecule has 1 aliphatic heterocycles. The Balaban J connectivity index is 1.56. The van der Waals surface area contributed by atoms with Gasteiger partial charge in [-0.15, -0.1) is 10.2 Å². The van der Waals surface area contributed by atoms with Gasteiger partial charge in [0.05, 0.1) is 25.3 Å². The number of amides is 1. The fourth-order valence-electron chi connectivity index (χ4n) is 4.31. The Kier molecular flexibility index (Phi) is 8.13. The molecule has 1 saturated heterocycles. The van der Waals surface area contributed by atoms with Crippen LogP contribution in [-0.2, 0) is 15.3 Å². The number of ketones is 1. The van der Waals surface area contributed by atoms with Crippen molar-refractivity contribution in [1.29, 1.82) is 0 Å². The molecule has 11 heteroatoms. The highest BCUT2D eigenvalue weighted by atomic mass is 32.2. The van der Waals surface area contributed by atoms with Gasteiger partial charge in [-0.05, 0) is 42.3 Å². The lowest BCUT2D eigenvalue weighted by Crippen LogP contribution is -2.29. The molecule has 204 valence electrons. The second kappa shape index (κ2) is 11.9. The first-order valence-electron chi connectivity index (χ1n) is 12.3. The van der Waals surface area contributed by atoms with Crippen LogP contribution in [0.2, 0.25) is 0 Å². The van der Waals surface area contributed by atoms with Gasteiger partial charge in [0.25, 0.3) is 5.78 Å². The van der Waals surface area contributed by atoms with E-state index in [-0.39, 0.29) is 22.3 Å². The van der Waals surface area contributed by atoms with E-state index < -0.39 is 17.7 Å². The minimum atomic E-state index is -0.993. The van der Waals surface area contributed by atoms with Crippen LogP contribution in [-0.4, -0.2) is 40.7 Å². The summed E-state index contributed by atoms with van der Waals surface area (Å²) in [5, 5.41) is 19.9. The Bertz CT molecular complexity index is 1570. The maximum atomic E-state index is 13.5. The zero-order valence-corrected chi connectivity index (χ0v) is 23.2. The van der Waals surface area contributed by atoms with Gasteiger partial charge in [-0.3, -0.25) is 14.5 Å². The maximum absolute atomic E-state index is 13.5. The molecule has 1 amide bonds. The van der Waals surface area contributed by atoms with Crippen LogP contribution < -0.4 is 14.4 Å². The van der Waals surface area contributed by atoms with Gasteiger partial charge in [-0.25, -0.2) is 4.39 Å². The number of aromatic nitrogens is 2. The van der Waals surface area contributed by atoms with Crippen molar-refractivity contribution in [1.82, 2.24) is 10.2 Å². The molecular formula is C29H24FN3O5S2. The van der Waals surface area contributed by atoms with Crippen LogP contribution in [0.3, 0.4) is 0 Å². The molecular weight excluding hydrogens is 553 g/mol. The van der Waals surface area contributed by atoms with Crippen molar-refractivity contribution in [2.75, 3.05) is 18.6 Å². The Labute approximate surface area is 238 Å². The van der Waals surface area contributed by atoms with E-state index in [1.807, 2.05) is 6.92 Å². The molecule has 1 N–H and O–H groups in total. The predicted molar refractivity (Wildman–Crippen MR) is 151 cm³/mol. The molecule has 2 heterocycles. The third kappa shape index (κ3) is 5.43. The van der Waals surface area contributed by atoms with Crippen LogP contribution in [0.1, 0.15) is 29.7 Å². The normalized spacial score (nSPS) is 16.4. The summed E-state index contributed by atoms with van der Waals surface area (Å²) >= 11 is 2.52. The number of halogens is 1. The molecule has 0 spiro atoms. The Morgan fingerprint density at radius 3 is 2.50 bits per heavy atom. The van der Waals surface area contributed by atoms with Crippen molar-refractivity contribution in [2.45, 2.75) is 23.1 Å². The van der Waals surface area contributed by atoms with Crippen molar-refractivity contribution in [3.05, 3.63) is 101 Å². The average Bonchev–Trinajstić information content (AvgIpc) is 3.55. The lowest BCUT2D eigenvalue weighted by atomic mass is 9.95. The van der Waals surface area contributed by atoms with E-state index in [4.69, 9.17) is 9.47 Å². The zero-order chi connectivity index (χ0) is 28.2. The number of Topliss-reactive ketones (excluding diaryl/α,β-unsaturated/α-hetero) is 1. The van der Waals surface area contributed by atoms with Gasteiger partial charge in [-0.2, -0.15) is 0 Å². The summed E-state index contributed by atoms with van der Waals surface area (Å²) in [6, 6.07) is 18.8. The molecule has 0 bridgehead atoms. The van der Waals surface area contributed by atoms with E-state index in [0.29, 0.717) is 39.3 Å². The first-order chi connectivity index (χ1) is 19.4. The Morgan fingerprint density at radius 2 is 1.80 bits per heavy atom. The smallest absolute Gasteiger partial charge is 0.301 e. The number of hydrogen-bond donors (Lipinski definition) is 1. The van der Waals surface area contributed by atoms with Gasteiger partial charge in [0.15, 0.2) is 15.8 Å².